The van der Waals surface area contributed by atoms with Gasteiger partial charge in [0.1, 0.15) is 4.88 Å². The van der Waals surface area contributed by atoms with Gasteiger partial charge < -0.3 is 10.0 Å². The summed E-state index contributed by atoms with van der Waals surface area (Å²) in [6.45, 7) is 6.10. The van der Waals surface area contributed by atoms with E-state index in [1.807, 2.05) is 11.8 Å². The van der Waals surface area contributed by atoms with Crippen LogP contribution in [0.4, 0.5) is 0 Å². The number of rotatable bonds is 3. The van der Waals surface area contributed by atoms with Crippen molar-refractivity contribution >= 4 is 17.2 Å². The van der Waals surface area contributed by atoms with Gasteiger partial charge in [0.25, 0.3) is 5.91 Å². The van der Waals surface area contributed by atoms with E-state index in [1.54, 1.807) is 6.20 Å². The van der Waals surface area contributed by atoms with E-state index in [1.165, 1.54) is 11.3 Å². The topological polar surface area (TPSA) is 56.7 Å². The number of carbonyl (C=O) groups is 1. The molecule has 0 bridgehead atoms. The Labute approximate surface area is 111 Å². The first-order valence-electron chi connectivity index (χ1n) is 6.25. The number of aromatic nitrogens is 1. The maximum Gasteiger partial charge on any atom is 0.265 e. The lowest BCUT2D eigenvalue weighted by Gasteiger charge is -2.20. The van der Waals surface area contributed by atoms with Crippen LogP contribution in [0.1, 0.15) is 21.1 Å². The van der Waals surface area contributed by atoms with Crippen LogP contribution in [-0.2, 0) is 0 Å². The minimum absolute atomic E-state index is 0.0893. The lowest BCUT2D eigenvalue weighted by molar-refractivity contribution is 0.0765. The number of hydrogen-bond acceptors (Lipinski definition) is 5. The highest BCUT2D eigenvalue weighted by Crippen LogP contribution is 2.15. The highest BCUT2D eigenvalue weighted by atomic mass is 32.1. The summed E-state index contributed by atoms with van der Waals surface area (Å²) in [7, 11) is 0. The number of aryl methyl sites for hydroxylation is 1. The summed E-state index contributed by atoms with van der Waals surface area (Å²) >= 11 is 1.45. The average molecular weight is 269 g/mol. The Balaban J connectivity index is 1.95. The highest BCUT2D eigenvalue weighted by molar-refractivity contribution is 7.13. The number of amides is 1. The molecule has 1 aliphatic heterocycles. The molecular weight excluding hydrogens is 250 g/mol. The predicted molar refractivity (Wildman–Crippen MR) is 70.9 cm³/mol. The van der Waals surface area contributed by atoms with Gasteiger partial charge in [0.2, 0.25) is 0 Å². The third-order valence-corrected chi connectivity index (χ3v) is 4.02. The van der Waals surface area contributed by atoms with Crippen LogP contribution < -0.4 is 0 Å². The minimum atomic E-state index is 0.0893. The Morgan fingerprint density at radius 3 is 2.94 bits per heavy atom. The molecule has 1 aromatic rings. The molecule has 0 aliphatic carbocycles. The number of hydrogen-bond donors (Lipinski definition) is 1. The largest absolute Gasteiger partial charge is 0.395 e. The van der Waals surface area contributed by atoms with Crippen molar-refractivity contribution < 1.29 is 9.90 Å². The monoisotopic (exact) mass is 269 g/mol. The van der Waals surface area contributed by atoms with Crippen molar-refractivity contribution in [1.29, 1.82) is 0 Å². The molecule has 0 spiro atoms. The maximum atomic E-state index is 12.3. The highest BCUT2D eigenvalue weighted by Gasteiger charge is 2.21. The zero-order valence-corrected chi connectivity index (χ0v) is 11.4. The standard InChI is InChI=1S/C12H19N3O2S/c1-10-13-9-11(18-10)12(17)15-4-2-3-14(5-6-15)7-8-16/h9,16H,2-8H2,1H3. The number of aliphatic hydroxyl groups is 1. The molecule has 0 saturated carbocycles. The fraction of sp³-hybridized carbons (Fsp3) is 0.667. The Morgan fingerprint density at radius 2 is 2.28 bits per heavy atom. The number of carbonyl (C=O) groups excluding carboxylic acids is 1. The van der Waals surface area contributed by atoms with E-state index < -0.39 is 0 Å². The van der Waals surface area contributed by atoms with E-state index in [0.717, 1.165) is 42.5 Å². The SMILES string of the molecule is Cc1ncc(C(=O)N2CCCN(CCO)CC2)s1. The minimum Gasteiger partial charge on any atom is -0.395 e. The zero-order valence-electron chi connectivity index (χ0n) is 10.6. The van der Waals surface area contributed by atoms with Crippen LogP contribution in [0.2, 0.25) is 0 Å². The van der Waals surface area contributed by atoms with Crippen molar-refractivity contribution in [3.05, 3.63) is 16.1 Å². The summed E-state index contributed by atoms with van der Waals surface area (Å²) in [6, 6.07) is 0. The smallest absolute Gasteiger partial charge is 0.265 e. The van der Waals surface area contributed by atoms with E-state index in [-0.39, 0.29) is 12.5 Å². The summed E-state index contributed by atoms with van der Waals surface area (Å²) in [5.74, 6) is 0.0893. The van der Waals surface area contributed by atoms with Crippen molar-refractivity contribution in [2.24, 2.45) is 0 Å². The quantitative estimate of drug-likeness (QED) is 0.872. The zero-order chi connectivity index (χ0) is 13.0. The Hall–Kier alpha value is -0.980. The molecule has 0 aromatic carbocycles. The molecule has 5 nitrogen and oxygen atoms in total. The van der Waals surface area contributed by atoms with E-state index in [4.69, 9.17) is 5.11 Å². The van der Waals surface area contributed by atoms with Gasteiger partial charge in [-0.15, -0.1) is 11.3 Å². The van der Waals surface area contributed by atoms with Crippen LogP contribution in [-0.4, -0.2) is 65.1 Å². The molecule has 1 aromatic heterocycles. The van der Waals surface area contributed by atoms with Gasteiger partial charge in [0, 0.05) is 26.2 Å². The van der Waals surface area contributed by atoms with Crippen LogP contribution in [0.15, 0.2) is 6.20 Å². The van der Waals surface area contributed by atoms with Crippen LogP contribution in [0.5, 0.6) is 0 Å². The Morgan fingerprint density at radius 1 is 1.44 bits per heavy atom. The van der Waals surface area contributed by atoms with Crippen LogP contribution in [0.25, 0.3) is 0 Å². The molecule has 18 heavy (non-hydrogen) atoms. The first-order chi connectivity index (χ1) is 8.70. The van der Waals surface area contributed by atoms with E-state index in [2.05, 4.69) is 9.88 Å². The van der Waals surface area contributed by atoms with Gasteiger partial charge in [0.15, 0.2) is 0 Å². The normalized spacial score (nSPS) is 17.8. The molecule has 100 valence electrons. The molecule has 1 amide bonds. The van der Waals surface area contributed by atoms with Gasteiger partial charge in [0.05, 0.1) is 17.8 Å². The molecule has 0 unspecified atom stereocenters. The molecule has 1 fully saturated rings. The van der Waals surface area contributed by atoms with Crippen molar-refractivity contribution in [3.63, 3.8) is 0 Å². The molecule has 0 radical (unpaired) electrons. The van der Waals surface area contributed by atoms with Crippen LogP contribution in [0.3, 0.4) is 0 Å². The third-order valence-electron chi connectivity index (χ3n) is 3.12. The summed E-state index contributed by atoms with van der Waals surface area (Å²) in [4.78, 5) is 21.2. The fourth-order valence-electron chi connectivity index (χ4n) is 2.16. The second kappa shape index (κ2) is 6.26. The van der Waals surface area contributed by atoms with E-state index in [9.17, 15) is 4.79 Å². The van der Waals surface area contributed by atoms with Gasteiger partial charge in [-0.05, 0) is 19.9 Å². The lowest BCUT2D eigenvalue weighted by atomic mass is 10.3. The molecule has 1 N–H and O–H groups in total. The van der Waals surface area contributed by atoms with Gasteiger partial charge in [-0.3, -0.25) is 9.69 Å². The van der Waals surface area contributed by atoms with Crippen LogP contribution >= 0.6 is 11.3 Å². The number of β-amino-alcohol motifs (C(OH)–C–C–N with tert-alkyl or cyclic N) is 1. The maximum absolute atomic E-state index is 12.3. The number of thiazole rings is 1. The number of nitrogens with zero attached hydrogens (tertiary/aromatic N) is 3. The van der Waals surface area contributed by atoms with Crippen LogP contribution in [0, 0.1) is 6.92 Å². The second-order valence-electron chi connectivity index (χ2n) is 4.45. The fourth-order valence-corrected chi connectivity index (χ4v) is 2.90. The lowest BCUT2D eigenvalue weighted by Crippen LogP contribution is -2.35. The summed E-state index contributed by atoms with van der Waals surface area (Å²) in [5, 5.41) is 9.86. The predicted octanol–water partition coefficient (Wildman–Crippen LogP) is 0.592. The summed E-state index contributed by atoms with van der Waals surface area (Å²) < 4.78 is 0. The first-order valence-corrected chi connectivity index (χ1v) is 7.07. The van der Waals surface area contributed by atoms with Gasteiger partial charge in [-0.25, -0.2) is 4.98 Å². The van der Waals surface area contributed by atoms with Crippen molar-refractivity contribution in [1.82, 2.24) is 14.8 Å². The van der Waals surface area contributed by atoms with Gasteiger partial charge in [-0.2, -0.15) is 0 Å². The Bertz CT molecular complexity index is 408. The van der Waals surface area contributed by atoms with Crippen molar-refractivity contribution in [3.8, 4) is 0 Å². The molecule has 2 heterocycles. The van der Waals surface area contributed by atoms with E-state index in [0.29, 0.717) is 6.54 Å². The first kappa shape index (κ1) is 13.5. The summed E-state index contributed by atoms with van der Waals surface area (Å²) in [6.07, 6.45) is 2.63. The van der Waals surface area contributed by atoms with Gasteiger partial charge >= 0.3 is 0 Å². The summed E-state index contributed by atoms with van der Waals surface area (Å²) in [5.41, 5.74) is 0. The molecule has 1 saturated heterocycles. The van der Waals surface area contributed by atoms with E-state index >= 15 is 0 Å². The second-order valence-corrected chi connectivity index (χ2v) is 5.69. The Kier molecular flexibility index (Phi) is 4.68. The third kappa shape index (κ3) is 3.28. The van der Waals surface area contributed by atoms with Crippen molar-refractivity contribution in [2.75, 3.05) is 39.3 Å². The average Bonchev–Trinajstić information content (AvgIpc) is 2.65. The molecular formula is C12H19N3O2S. The number of aliphatic hydroxyl groups excluding tert-OH is 1. The molecule has 6 heteroatoms. The van der Waals surface area contributed by atoms with Gasteiger partial charge in [-0.1, -0.05) is 0 Å². The molecule has 0 atom stereocenters. The molecule has 1 aliphatic rings. The van der Waals surface area contributed by atoms with Crippen molar-refractivity contribution in [2.45, 2.75) is 13.3 Å². The molecule has 2 rings (SSSR count).